The van der Waals surface area contributed by atoms with E-state index >= 15 is 0 Å². The highest BCUT2D eigenvalue weighted by molar-refractivity contribution is 7.92. The molecule has 1 aliphatic rings. The van der Waals surface area contributed by atoms with Crippen molar-refractivity contribution in [3.8, 4) is 5.75 Å². The van der Waals surface area contributed by atoms with Crippen LogP contribution in [0.3, 0.4) is 0 Å². The van der Waals surface area contributed by atoms with Crippen LogP contribution in [-0.2, 0) is 16.4 Å². The Morgan fingerprint density at radius 2 is 1.77 bits per heavy atom. The van der Waals surface area contributed by atoms with E-state index in [-0.39, 0.29) is 10.8 Å². The number of hydrogen-bond donors (Lipinski definition) is 1. The Bertz CT molecular complexity index is 1220. The minimum atomic E-state index is -3.81. The molecule has 4 rings (SSSR count). The maximum absolute atomic E-state index is 13.0. The highest BCUT2D eigenvalue weighted by Gasteiger charge is 2.26. The van der Waals surface area contributed by atoms with Crippen LogP contribution in [0.2, 0.25) is 0 Å². The van der Waals surface area contributed by atoms with Crippen molar-refractivity contribution in [2.24, 2.45) is 0 Å². The Hall–Kier alpha value is -3.32. The predicted molar refractivity (Wildman–Crippen MR) is 121 cm³/mol. The zero-order chi connectivity index (χ0) is 22.0. The third-order valence-electron chi connectivity index (χ3n) is 5.37. The van der Waals surface area contributed by atoms with Crippen LogP contribution < -0.4 is 14.4 Å². The number of nitrogens with one attached hydrogen (secondary N) is 1. The number of fused-ring (bicyclic) bond motifs is 1. The summed E-state index contributed by atoms with van der Waals surface area (Å²) in [7, 11) is -2.32. The van der Waals surface area contributed by atoms with E-state index in [0.29, 0.717) is 30.0 Å². The van der Waals surface area contributed by atoms with Crippen molar-refractivity contribution in [3.05, 3.63) is 83.4 Å². The largest absolute Gasteiger partial charge is 0.495 e. The lowest BCUT2D eigenvalue weighted by Crippen LogP contribution is -2.35. The van der Waals surface area contributed by atoms with Crippen LogP contribution in [0.1, 0.15) is 27.9 Å². The molecule has 160 valence electrons. The maximum Gasteiger partial charge on any atom is 0.262 e. The van der Waals surface area contributed by atoms with Crippen LogP contribution in [0.4, 0.5) is 11.4 Å². The van der Waals surface area contributed by atoms with Crippen LogP contribution in [0.15, 0.2) is 71.6 Å². The fourth-order valence-electron chi connectivity index (χ4n) is 3.74. The van der Waals surface area contributed by atoms with E-state index in [2.05, 4.69) is 4.72 Å². The fraction of sp³-hybridized carbons (Fsp3) is 0.208. The Morgan fingerprint density at radius 3 is 2.52 bits per heavy atom. The summed E-state index contributed by atoms with van der Waals surface area (Å²) in [5, 5.41) is 0. The van der Waals surface area contributed by atoms with Gasteiger partial charge in [-0.05, 0) is 67.8 Å². The predicted octanol–water partition coefficient (Wildman–Crippen LogP) is 4.40. The number of methoxy groups -OCH3 is 1. The monoisotopic (exact) mass is 436 g/mol. The molecule has 0 spiro atoms. The van der Waals surface area contributed by atoms with E-state index in [9.17, 15) is 13.2 Å². The zero-order valence-corrected chi connectivity index (χ0v) is 18.3. The molecule has 0 saturated heterocycles. The highest BCUT2D eigenvalue weighted by atomic mass is 32.2. The van der Waals surface area contributed by atoms with Gasteiger partial charge in [0.25, 0.3) is 15.9 Å². The number of carbonyl (C=O) groups excluding carboxylic acids is 1. The molecule has 31 heavy (non-hydrogen) atoms. The number of amides is 1. The number of hydrogen-bond acceptors (Lipinski definition) is 4. The standard InChI is InChI=1S/C24H24N2O4S/c1-17-9-11-18(12-10-17)24(27)26-15-5-6-19-16-20(13-14-22(19)26)31(28,29)25-21-7-3-4-8-23(21)30-2/h3-4,7-14,16,25H,5-6,15H2,1-2H3. The summed E-state index contributed by atoms with van der Waals surface area (Å²) < 4.78 is 33.8. The molecule has 0 radical (unpaired) electrons. The number of aryl methyl sites for hydroxylation is 2. The second kappa shape index (κ2) is 8.43. The number of sulfonamides is 1. The average Bonchev–Trinajstić information content (AvgIpc) is 2.78. The van der Waals surface area contributed by atoms with E-state index in [1.165, 1.54) is 13.2 Å². The number of rotatable bonds is 5. The molecule has 7 heteroatoms. The third-order valence-corrected chi connectivity index (χ3v) is 6.74. The maximum atomic E-state index is 13.0. The van der Waals surface area contributed by atoms with Crippen molar-refractivity contribution < 1.29 is 17.9 Å². The van der Waals surface area contributed by atoms with Gasteiger partial charge in [-0.2, -0.15) is 0 Å². The molecule has 3 aromatic rings. The van der Waals surface area contributed by atoms with Gasteiger partial charge in [-0.15, -0.1) is 0 Å². The summed E-state index contributed by atoms with van der Waals surface area (Å²) in [6.07, 6.45) is 1.49. The van der Waals surface area contributed by atoms with Crippen molar-refractivity contribution in [1.29, 1.82) is 0 Å². The summed E-state index contributed by atoms with van der Waals surface area (Å²) in [5.41, 5.74) is 3.68. The molecule has 0 bridgehead atoms. The third kappa shape index (κ3) is 4.27. The lowest BCUT2D eigenvalue weighted by Gasteiger charge is -2.30. The zero-order valence-electron chi connectivity index (χ0n) is 17.5. The number of anilines is 2. The molecule has 1 N–H and O–H groups in total. The van der Waals surface area contributed by atoms with Crippen LogP contribution in [0.25, 0.3) is 0 Å². The van der Waals surface area contributed by atoms with Gasteiger partial charge < -0.3 is 9.64 Å². The Labute approximate surface area is 182 Å². The average molecular weight is 437 g/mol. The summed E-state index contributed by atoms with van der Waals surface area (Å²) >= 11 is 0. The molecule has 0 atom stereocenters. The quantitative estimate of drug-likeness (QED) is 0.643. The van der Waals surface area contributed by atoms with E-state index in [0.717, 1.165) is 23.2 Å². The Balaban J connectivity index is 1.63. The molecule has 0 unspecified atom stereocenters. The van der Waals surface area contributed by atoms with Crippen molar-refractivity contribution in [1.82, 2.24) is 0 Å². The first-order valence-electron chi connectivity index (χ1n) is 10.1. The number of para-hydroxylation sites is 2. The SMILES string of the molecule is COc1ccccc1NS(=O)(=O)c1ccc2c(c1)CCCN2C(=O)c1ccc(C)cc1. The van der Waals surface area contributed by atoms with Gasteiger partial charge in [-0.1, -0.05) is 29.8 Å². The molecule has 0 aromatic heterocycles. The van der Waals surface area contributed by atoms with E-state index in [4.69, 9.17) is 4.74 Å². The summed E-state index contributed by atoms with van der Waals surface area (Å²) in [6.45, 7) is 2.58. The first-order chi connectivity index (χ1) is 14.9. The molecule has 1 heterocycles. The first-order valence-corrected chi connectivity index (χ1v) is 11.5. The van der Waals surface area contributed by atoms with Crippen LogP contribution in [0, 0.1) is 6.92 Å². The van der Waals surface area contributed by atoms with Gasteiger partial charge in [0.05, 0.1) is 17.7 Å². The molecular formula is C24H24N2O4S. The van der Waals surface area contributed by atoms with Gasteiger partial charge in [0.2, 0.25) is 0 Å². The number of ether oxygens (including phenoxy) is 1. The van der Waals surface area contributed by atoms with Gasteiger partial charge in [0, 0.05) is 17.8 Å². The van der Waals surface area contributed by atoms with Crippen LogP contribution in [0.5, 0.6) is 5.75 Å². The lowest BCUT2D eigenvalue weighted by molar-refractivity contribution is 0.0985. The molecule has 1 amide bonds. The summed E-state index contributed by atoms with van der Waals surface area (Å²) in [6, 6.07) is 19.2. The molecule has 3 aromatic carbocycles. The van der Waals surface area contributed by atoms with Gasteiger partial charge in [-0.3, -0.25) is 9.52 Å². The molecule has 0 aliphatic carbocycles. The fourth-order valence-corrected chi connectivity index (χ4v) is 4.86. The summed E-state index contributed by atoms with van der Waals surface area (Å²) in [5.74, 6) is 0.364. The minimum Gasteiger partial charge on any atom is -0.495 e. The van der Waals surface area contributed by atoms with Gasteiger partial charge in [0.1, 0.15) is 5.75 Å². The topological polar surface area (TPSA) is 75.7 Å². The molecule has 1 aliphatic heterocycles. The molecular weight excluding hydrogens is 412 g/mol. The van der Waals surface area contributed by atoms with E-state index in [1.807, 2.05) is 31.2 Å². The van der Waals surface area contributed by atoms with Crippen LogP contribution >= 0.6 is 0 Å². The van der Waals surface area contributed by atoms with E-state index in [1.54, 1.807) is 41.3 Å². The lowest BCUT2D eigenvalue weighted by atomic mass is 10.0. The second-order valence-corrected chi connectivity index (χ2v) is 9.21. The minimum absolute atomic E-state index is 0.0799. The van der Waals surface area contributed by atoms with Crippen molar-refractivity contribution in [2.75, 3.05) is 23.3 Å². The van der Waals surface area contributed by atoms with E-state index < -0.39 is 10.0 Å². The van der Waals surface area contributed by atoms with Crippen LogP contribution in [-0.4, -0.2) is 28.0 Å². The van der Waals surface area contributed by atoms with Crippen molar-refractivity contribution in [3.63, 3.8) is 0 Å². The summed E-state index contributed by atoms with van der Waals surface area (Å²) in [4.78, 5) is 14.9. The Morgan fingerprint density at radius 1 is 1.03 bits per heavy atom. The smallest absolute Gasteiger partial charge is 0.262 e. The van der Waals surface area contributed by atoms with Gasteiger partial charge in [0.15, 0.2) is 0 Å². The van der Waals surface area contributed by atoms with Gasteiger partial charge in [-0.25, -0.2) is 8.42 Å². The molecule has 0 fully saturated rings. The number of carbonyl (C=O) groups is 1. The Kier molecular flexibility index (Phi) is 5.69. The van der Waals surface area contributed by atoms with Gasteiger partial charge >= 0.3 is 0 Å². The second-order valence-electron chi connectivity index (χ2n) is 7.52. The molecule has 6 nitrogen and oxygen atoms in total. The highest BCUT2D eigenvalue weighted by Crippen LogP contribution is 2.32. The molecule has 0 saturated carbocycles. The van der Waals surface area contributed by atoms with Crippen molar-refractivity contribution in [2.45, 2.75) is 24.7 Å². The van der Waals surface area contributed by atoms with Crippen molar-refractivity contribution >= 4 is 27.3 Å². The number of benzene rings is 3. The normalized spacial score (nSPS) is 13.4. The first kappa shape index (κ1) is 20.9. The number of nitrogens with zero attached hydrogens (tertiary/aromatic N) is 1.